The Labute approximate surface area is 166 Å². The monoisotopic (exact) mass is 404 g/mol. The minimum Gasteiger partial charge on any atom is -0.405 e. The number of carbonyl (C=O) groups excluding carboxylic acids is 1. The summed E-state index contributed by atoms with van der Waals surface area (Å²) in [7, 11) is 1.47. The summed E-state index contributed by atoms with van der Waals surface area (Å²) >= 11 is 0. The average Bonchev–Trinajstić information content (AvgIpc) is 2.68. The van der Waals surface area contributed by atoms with Crippen LogP contribution in [0.3, 0.4) is 0 Å². The van der Waals surface area contributed by atoms with Gasteiger partial charge in [0.15, 0.2) is 5.96 Å². The number of para-hydroxylation sites is 1. The lowest BCUT2D eigenvalue weighted by Crippen LogP contribution is -2.41. The van der Waals surface area contributed by atoms with Crippen molar-refractivity contribution in [3.63, 3.8) is 0 Å². The van der Waals surface area contributed by atoms with Gasteiger partial charge in [-0.3, -0.25) is 9.79 Å². The molecule has 0 unspecified atom stereocenters. The van der Waals surface area contributed by atoms with Crippen molar-refractivity contribution in [1.82, 2.24) is 10.6 Å². The molecule has 2 aromatic rings. The van der Waals surface area contributed by atoms with E-state index in [1.54, 1.807) is 30.3 Å². The third kappa shape index (κ3) is 7.46. The Morgan fingerprint density at radius 3 is 2.62 bits per heavy atom. The Morgan fingerprint density at radius 1 is 1.17 bits per heavy atom. The Bertz CT molecular complexity index is 920. The minimum atomic E-state index is -4.79. The number of carbonyl (C=O) groups is 1. The van der Waals surface area contributed by atoms with E-state index in [-0.39, 0.29) is 36.3 Å². The number of rotatable bonds is 6. The van der Waals surface area contributed by atoms with Gasteiger partial charge in [-0.15, -0.1) is 19.6 Å². The van der Waals surface area contributed by atoms with Crippen LogP contribution in [0.1, 0.15) is 11.1 Å². The van der Waals surface area contributed by atoms with Crippen LogP contribution < -0.4 is 20.7 Å². The molecule has 0 heterocycles. The van der Waals surface area contributed by atoms with Gasteiger partial charge in [0.2, 0.25) is 5.91 Å². The number of ether oxygens (including phenoxy) is 1. The summed E-state index contributed by atoms with van der Waals surface area (Å²) in [6.45, 7) is -0.0988. The summed E-state index contributed by atoms with van der Waals surface area (Å²) in [4.78, 5) is 16.0. The van der Waals surface area contributed by atoms with Gasteiger partial charge in [0, 0.05) is 30.4 Å². The maximum absolute atomic E-state index is 12.5. The number of terminal acetylenes is 1. The molecular weight excluding hydrogens is 385 g/mol. The van der Waals surface area contributed by atoms with Crippen LogP contribution in [0.25, 0.3) is 0 Å². The van der Waals surface area contributed by atoms with E-state index in [4.69, 9.17) is 6.42 Å². The van der Waals surface area contributed by atoms with Gasteiger partial charge in [-0.05, 0) is 24.3 Å². The lowest BCUT2D eigenvalue weighted by Gasteiger charge is -2.15. The Balaban J connectivity index is 1.88. The smallest absolute Gasteiger partial charge is 0.405 e. The molecule has 3 N–H and O–H groups in total. The van der Waals surface area contributed by atoms with Crippen LogP contribution in [0.4, 0.5) is 18.9 Å². The number of benzene rings is 2. The molecule has 152 valence electrons. The van der Waals surface area contributed by atoms with Crippen LogP contribution in [0.2, 0.25) is 0 Å². The molecular formula is C20H19F3N4O2. The number of alkyl halides is 3. The molecule has 0 bridgehead atoms. The Kier molecular flexibility index (Phi) is 7.48. The Morgan fingerprint density at radius 2 is 1.93 bits per heavy atom. The first-order valence-corrected chi connectivity index (χ1v) is 8.45. The fourth-order valence-electron chi connectivity index (χ4n) is 2.33. The molecule has 0 atom stereocenters. The van der Waals surface area contributed by atoms with Crippen LogP contribution in [-0.2, 0) is 11.3 Å². The quantitative estimate of drug-likeness (QED) is 0.393. The number of nitrogens with zero attached hydrogens (tertiary/aromatic N) is 1. The molecule has 0 saturated carbocycles. The van der Waals surface area contributed by atoms with Crippen LogP contribution in [0.15, 0.2) is 53.5 Å². The maximum atomic E-state index is 12.5. The molecule has 0 spiro atoms. The van der Waals surface area contributed by atoms with Gasteiger partial charge >= 0.3 is 6.36 Å². The van der Waals surface area contributed by atoms with Crippen molar-refractivity contribution in [1.29, 1.82) is 0 Å². The second-order valence-electron chi connectivity index (χ2n) is 5.71. The van der Waals surface area contributed by atoms with Crippen LogP contribution in [0.5, 0.6) is 5.75 Å². The summed E-state index contributed by atoms with van der Waals surface area (Å²) in [5.41, 5.74) is 1.46. The summed E-state index contributed by atoms with van der Waals surface area (Å²) in [5.74, 6) is 2.05. The molecule has 0 fully saturated rings. The van der Waals surface area contributed by atoms with Crippen molar-refractivity contribution in [2.45, 2.75) is 12.9 Å². The second-order valence-corrected chi connectivity index (χ2v) is 5.71. The van der Waals surface area contributed by atoms with E-state index >= 15 is 0 Å². The van der Waals surface area contributed by atoms with E-state index in [0.717, 1.165) is 0 Å². The highest BCUT2D eigenvalue weighted by Gasteiger charge is 2.31. The summed E-state index contributed by atoms with van der Waals surface area (Å²) in [5, 5.41) is 8.29. The number of aliphatic imine (C=N–C) groups is 1. The van der Waals surface area contributed by atoms with E-state index in [1.807, 2.05) is 0 Å². The van der Waals surface area contributed by atoms with Gasteiger partial charge in [0.1, 0.15) is 5.75 Å². The third-order valence-corrected chi connectivity index (χ3v) is 3.60. The van der Waals surface area contributed by atoms with Crippen molar-refractivity contribution in [3.8, 4) is 18.1 Å². The molecule has 0 aliphatic rings. The highest BCUT2D eigenvalue weighted by molar-refractivity contribution is 5.95. The van der Waals surface area contributed by atoms with E-state index < -0.39 is 6.36 Å². The summed E-state index contributed by atoms with van der Waals surface area (Å²) < 4.78 is 41.5. The van der Waals surface area contributed by atoms with Gasteiger partial charge in [0.05, 0.1) is 6.54 Å². The van der Waals surface area contributed by atoms with Gasteiger partial charge < -0.3 is 20.7 Å². The van der Waals surface area contributed by atoms with Gasteiger partial charge in [0.25, 0.3) is 0 Å². The SMILES string of the molecule is C#Cc1cccc(NC(=O)CNC(=NC)NCc2ccccc2OC(F)(F)F)c1. The summed E-state index contributed by atoms with van der Waals surface area (Å²) in [6.07, 6.45) is 0.534. The molecule has 0 aromatic heterocycles. The predicted molar refractivity (Wildman–Crippen MR) is 104 cm³/mol. The summed E-state index contributed by atoms with van der Waals surface area (Å²) in [6, 6.07) is 12.6. The zero-order chi connectivity index (χ0) is 21.3. The van der Waals surface area contributed by atoms with Gasteiger partial charge in [-0.2, -0.15) is 0 Å². The van der Waals surface area contributed by atoms with Crippen molar-refractivity contribution < 1.29 is 22.7 Å². The second kappa shape index (κ2) is 10.0. The number of guanidine groups is 1. The molecule has 0 aliphatic heterocycles. The number of amides is 1. The zero-order valence-corrected chi connectivity index (χ0v) is 15.5. The van der Waals surface area contributed by atoms with Crippen molar-refractivity contribution in [2.24, 2.45) is 4.99 Å². The van der Waals surface area contributed by atoms with Crippen LogP contribution in [0, 0.1) is 12.3 Å². The highest BCUT2D eigenvalue weighted by Crippen LogP contribution is 2.26. The van der Waals surface area contributed by atoms with Crippen molar-refractivity contribution in [3.05, 3.63) is 59.7 Å². The number of hydrogen-bond acceptors (Lipinski definition) is 3. The first-order chi connectivity index (χ1) is 13.8. The number of anilines is 1. The largest absolute Gasteiger partial charge is 0.573 e. The maximum Gasteiger partial charge on any atom is 0.573 e. The number of nitrogens with one attached hydrogen (secondary N) is 3. The number of hydrogen-bond donors (Lipinski definition) is 3. The van der Waals surface area contributed by atoms with Gasteiger partial charge in [-0.25, -0.2) is 0 Å². The molecule has 2 aromatic carbocycles. The minimum absolute atomic E-state index is 0.0117. The molecule has 29 heavy (non-hydrogen) atoms. The van der Waals surface area contributed by atoms with Crippen molar-refractivity contribution in [2.75, 3.05) is 18.9 Å². The molecule has 1 amide bonds. The molecule has 0 saturated heterocycles. The van der Waals surface area contributed by atoms with Crippen molar-refractivity contribution >= 4 is 17.6 Å². The third-order valence-electron chi connectivity index (χ3n) is 3.60. The molecule has 0 radical (unpaired) electrons. The van der Waals surface area contributed by atoms with E-state index in [2.05, 4.69) is 31.6 Å². The highest BCUT2D eigenvalue weighted by atomic mass is 19.4. The fraction of sp³-hybridized carbons (Fsp3) is 0.200. The lowest BCUT2D eigenvalue weighted by molar-refractivity contribution is -0.274. The molecule has 6 nitrogen and oxygen atoms in total. The number of halogens is 3. The van der Waals surface area contributed by atoms with E-state index in [9.17, 15) is 18.0 Å². The van der Waals surface area contributed by atoms with Gasteiger partial charge in [-0.1, -0.05) is 30.2 Å². The lowest BCUT2D eigenvalue weighted by atomic mass is 10.2. The van der Waals surface area contributed by atoms with E-state index in [0.29, 0.717) is 11.3 Å². The Hall–Kier alpha value is -3.67. The molecule has 9 heteroatoms. The molecule has 0 aliphatic carbocycles. The van der Waals surface area contributed by atoms with Crippen LogP contribution in [-0.4, -0.2) is 31.8 Å². The normalized spacial score (nSPS) is 11.3. The van der Waals surface area contributed by atoms with E-state index in [1.165, 1.54) is 25.2 Å². The fourth-order valence-corrected chi connectivity index (χ4v) is 2.33. The first kappa shape index (κ1) is 21.6. The first-order valence-electron chi connectivity index (χ1n) is 8.45. The zero-order valence-electron chi connectivity index (χ0n) is 15.5. The average molecular weight is 404 g/mol. The van der Waals surface area contributed by atoms with Crippen LogP contribution >= 0.6 is 0 Å². The topological polar surface area (TPSA) is 74.8 Å². The standard InChI is InChI=1S/C20H19F3N4O2/c1-3-14-7-6-9-16(11-14)27-18(28)13-26-19(24-2)25-12-15-8-4-5-10-17(15)29-20(21,22)23/h1,4-11H,12-13H2,2H3,(H,27,28)(H2,24,25,26). The molecule has 2 rings (SSSR count). The predicted octanol–water partition coefficient (Wildman–Crippen LogP) is 2.87.